The van der Waals surface area contributed by atoms with E-state index in [9.17, 15) is 8.42 Å². The van der Waals surface area contributed by atoms with Gasteiger partial charge in [-0.05, 0) is 36.0 Å². The predicted octanol–water partition coefficient (Wildman–Crippen LogP) is 3.01. The lowest BCUT2D eigenvalue weighted by atomic mass is 9.87. The van der Waals surface area contributed by atoms with Gasteiger partial charge in [-0.2, -0.15) is 4.31 Å². The minimum Gasteiger partial charge on any atom is -0.480 e. The lowest BCUT2D eigenvalue weighted by Crippen LogP contribution is -2.44. The Labute approximate surface area is 166 Å². The molecule has 1 aliphatic heterocycles. The predicted molar refractivity (Wildman–Crippen MR) is 106 cm³/mol. The molecule has 152 valence electrons. The Kier molecular flexibility index (Phi) is 5.90. The van der Waals surface area contributed by atoms with E-state index in [0.717, 1.165) is 18.4 Å². The van der Waals surface area contributed by atoms with E-state index >= 15 is 0 Å². The Morgan fingerprint density at radius 3 is 2.25 bits per heavy atom. The highest BCUT2D eigenvalue weighted by molar-refractivity contribution is 7.89. The lowest BCUT2D eigenvalue weighted by molar-refractivity contribution is 0.123. The summed E-state index contributed by atoms with van der Waals surface area (Å²) in [6, 6.07) is 10.5. The Morgan fingerprint density at radius 2 is 1.68 bits per heavy atom. The molecule has 0 spiro atoms. The van der Waals surface area contributed by atoms with E-state index in [4.69, 9.17) is 9.47 Å². The zero-order chi connectivity index (χ0) is 20.4. The van der Waals surface area contributed by atoms with Crippen LogP contribution in [-0.2, 0) is 15.4 Å². The zero-order valence-corrected chi connectivity index (χ0v) is 17.6. The van der Waals surface area contributed by atoms with Gasteiger partial charge in [0.2, 0.25) is 21.8 Å². The van der Waals surface area contributed by atoms with Crippen molar-refractivity contribution in [3.05, 3.63) is 42.0 Å². The third-order valence-electron chi connectivity index (χ3n) is 4.81. The van der Waals surface area contributed by atoms with E-state index in [2.05, 4.69) is 31.0 Å². The molecule has 1 aliphatic rings. The first-order valence-corrected chi connectivity index (χ1v) is 10.8. The van der Waals surface area contributed by atoms with Crippen molar-refractivity contribution in [2.75, 3.05) is 20.2 Å². The van der Waals surface area contributed by atoms with E-state index in [1.165, 1.54) is 11.4 Å². The molecule has 1 unspecified atom stereocenters. The van der Waals surface area contributed by atoms with Crippen LogP contribution < -0.4 is 9.47 Å². The minimum atomic E-state index is -3.56. The fourth-order valence-corrected chi connectivity index (χ4v) is 4.66. The topological polar surface area (TPSA) is 81.6 Å². The molecule has 1 fully saturated rings. The van der Waals surface area contributed by atoms with Gasteiger partial charge in [0.05, 0.1) is 18.6 Å². The molecule has 2 aromatic rings. The van der Waals surface area contributed by atoms with E-state index in [-0.39, 0.29) is 18.1 Å². The number of hydrogen-bond acceptors (Lipinski definition) is 6. The Bertz CT molecular complexity index is 891. The van der Waals surface area contributed by atoms with Gasteiger partial charge >= 0.3 is 0 Å². The van der Waals surface area contributed by atoms with Crippen LogP contribution in [0.3, 0.4) is 0 Å². The van der Waals surface area contributed by atoms with E-state index in [0.29, 0.717) is 23.2 Å². The highest BCUT2D eigenvalue weighted by atomic mass is 32.2. The maximum absolute atomic E-state index is 13.1. The van der Waals surface area contributed by atoms with Crippen LogP contribution in [0.5, 0.6) is 11.8 Å². The molecule has 0 radical (unpaired) electrons. The highest BCUT2D eigenvalue weighted by Gasteiger charge is 2.31. The van der Waals surface area contributed by atoms with Crippen molar-refractivity contribution in [2.24, 2.45) is 0 Å². The number of methoxy groups -OCH3 is 1. The van der Waals surface area contributed by atoms with Crippen molar-refractivity contribution in [3.63, 3.8) is 0 Å². The van der Waals surface area contributed by atoms with Crippen LogP contribution in [0.15, 0.2) is 41.3 Å². The summed E-state index contributed by atoms with van der Waals surface area (Å²) in [5.74, 6) is 0.762. The lowest BCUT2D eigenvalue weighted by Gasteiger charge is -2.31. The summed E-state index contributed by atoms with van der Waals surface area (Å²) < 4.78 is 38.4. The summed E-state index contributed by atoms with van der Waals surface area (Å²) in [7, 11) is -2.05. The van der Waals surface area contributed by atoms with Crippen molar-refractivity contribution in [1.29, 1.82) is 0 Å². The smallest absolute Gasteiger partial charge is 0.243 e. The Morgan fingerprint density at radius 1 is 1.04 bits per heavy atom. The molecule has 1 aromatic carbocycles. The van der Waals surface area contributed by atoms with Crippen LogP contribution in [0.1, 0.15) is 39.2 Å². The third kappa shape index (κ3) is 4.62. The molecule has 3 rings (SSSR count). The fraction of sp³-hybridized carbons (Fsp3) is 0.500. The molecule has 0 aliphatic carbocycles. The van der Waals surface area contributed by atoms with Gasteiger partial charge in [0.15, 0.2) is 0 Å². The largest absolute Gasteiger partial charge is 0.480 e. The molecular weight excluding hydrogens is 378 g/mol. The standard InChI is InChI=1S/C20H27N3O4S/c1-20(2,3)15-7-9-17(10-8-15)28(24,25)23-13-5-6-16(14-23)27-19-12-11-18(26-4)21-22-19/h7-12,16H,5-6,13-14H2,1-4H3. The normalized spacial score (nSPS) is 18.6. The molecular formula is C20H27N3O4S. The van der Waals surface area contributed by atoms with Crippen molar-refractivity contribution in [1.82, 2.24) is 14.5 Å². The van der Waals surface area contributed by atoms with Gasteiger partial charge in [-0.1, -0.05) is 32.9 Å². The Balaban J connectivity index is 1.71. The SMILES string of the molecule is COc1ccc(OC2CCCN(S(=O)(=O)c3ccc(C(C)(C)C)cc3)C2)nn1. The number of benzene rings is 1. The number of nitrogens with zero attached hydrogens (tertiary/aromatic N) is 3. The highest BCUT2D eigenvalue weighted by Crippen LogP contribution is 2.26. The van der Waals surface area contributed by atoms with Crippen molar-refractivity contribution in [3.8, 4) is 11.8 Å². The molecule has 8 heteroatoms. The number of sulfonamides is 1. The van der Waals surface area contributed by atoms with Gasteiger partial charge in [0.25, 0.3) is 0 Å². The molecule has 1 atom stereocenters. The van der Waals surface area contributed by atoms with Crippen LogP contribution in [0.25, 0.3) is 0 Å². The first-order valence-electron chi connectivity index (χ1n) is 9.35. The van der Waals surface area contributed by atoms with Gasteiger partial charge in [0, 0.05) is 18.7 Å². The Hall–Kier alpha value is -2.19. The van der Waals surface area contributed by atoms with Crippen LogP contribution in [-0.4, -0.2) is 49.2 Å². The average Bonchev–Trinajstić information content (AvgIpc) is 2.68. The van der Waals surface area contributed by atoms with Gasteiger partial charge in [-0.25, -0.2) is 8.42 Å². The molecule has 1 saturated heterocycles. The molecule has 2 heterocycles. The average molecular weight is 406 g/mol. The second-order valence-electron chi connectivity index (χ2n) is 7.93. The number of rotatable bonds is 5. The quantitative estimate of drug-likeness (QED) is 0.761. The summed E-state index contributed by atoms with van der Waals surface area (Å²) in [6.45, 7) is 7.08. The number of aromatic nitrogens is 2. The maximum Gasteiger partial charge on any atom is 0.243 e. The van der Waals surface area contributed by atoms with E-state index in [1.807, 2.05) is 12.1 Å². The van der Waals surface area contributed by atoms with Gasteiger partial charge in [-0.15, -0.1) is 10.2 Å². The fourth-order valence-electron chi connectivity index (χ4n) is 3.15. The molecule has 0 N–H and O–H groups in total. The summed E-state index contributed by atoms with van der Waals surface area (Å²) in [6.07, 6.45) is 1.23. The maximum atomic E-state index is 13.1. The van der Waals surface area contributed by atoms with E-state index < -0.39 is 10.0 Å². The first kappa shape index (κ1) is 20.5. The number of hydrogen-bond donors (Lipinski definition) is 0. The van der Waals surface area contributed by atoms with Gasteiger partial charge < -0.3 is 9.47 Å². The van der Waals surface area contributed by atoms with Crippen LogP contribution in [0.2, 0.25) is 0 Å². The van der Waals surface area contributed by atoms with Crippen LogP contribution in [0, 0.1) is 0 Å². The monoisotopic (exact) mass is 405 g/mol. The van der Waals surface area contributed by atoms with Gasteiger partial charge in [0.1, 0.15) is 6.10 Å². The number of piperidine rings is 1. The zero-order valence-electron chi connectivity index (χ0n) is 16.8. The first-order chi connectivity index (χ1) is 13.2. The molecule has 1 aromatic heterocycles. The molecule has 7 nitrogen and oxygen atoms in total. The van der Waals surface area contributed by atoms with Crippen molar-refractivity contribution in [2.45, 2.75) is 50.0 Å². The third-order valence-corrected chi connectivity index (χ3v) is 6.69. The van der Waals surface area contributed by atoms with Crippen molar-refractivity contribution >= 4 is 10.0 Å². The number of ether oxygens (including phenoxy) is 2. The summed E-state index contributed by atoms with van der Waals surface area (Å²) >= 11 is 0. The summed E-state index contributed by atoms with van der Waals surface area (Å²) in [4.78, 5) is 0.311. The van der Waals surface area contributed by atoms with E-state index in [1.54, 1.807) is 24.3 Å². The second kappa shape index (κ2) is 8.05. The molecule has 28 heavy (non-hydrogen) atoms. The van der Waals surface area contributed by atoms with Crippen LogP contribution >= 0.6 is 0 Å². The summed E-state index contributed by atoms with van der Waals surface area (Å²) in [5, 5.41) is 7.83. The molecule has 0 bridgehead atoms. The minimum absolute atomic E-state index is 0.0221. The second-order valence-corrected chi connectivity index (χ2v) is 9.87. The van der Waals surface area contributed by atoms with Crippen molar-refractivity contribution < 1.29 is 17.9 Å². The van der Waals surface area contributed by atoms with Crippen LogP contribution in [0.4, 0.5) is 0 Å². The van der Waals surface area contributed by atoms with Gasteiger partial charge in [-0.3, -0.25) is 0 Å². The molecule has 0 saturated carbocycles. The summed E-state index contributed by atoms with van der Waals surface area (Å²) in [5.41, 5.74) is 1.08. The molecule has 0 amide bonds.